The molecule has 1 aliphatic carbocycles. The summed E-state index contributed by atoms with van der Waals surface area (Å²) in [5.74, 6) is -0.651. The molecule has 1 N–H and O–H groups in total. The van der Waals surface area contributed by atoms with Crippen molar-refractivity contribution in [1.82, 2.24) is 10.2 Å². The smallest absolute Gasteiger partial charge is 0.261 e. The van der Waals surface area contributed by atoms with E-state index >= 15 is 0 Å². The van der Waals surface area contributed by atoms with Gasteiger partial charge in [-0.1, -0.05) is 84.9 Å². The highest BCUT2D eigenvalue weighted by atomic mass is 35.5. The molecule has 200 valence electrons. The summed E-state index contributed by atoms with van der Waals surface area (Å²) in [5.41, 5.74) is 1.63. The van der Waals surface area contributed by atoms with Gasteiger partial charge < -0.3 is 15.0 Å². The molecule has 2 amide bonds. The van der Waals surface area contributed by atoms with E-state index in [0.717, 1.165) is 31.2 Å². The quantitative estimate of drug-likeness (QED) is 0.306. The minimum atomic E-state index is -0.791. The van der Waals surface area contributed by atoms with E-state index in [-0.39, 0.29) is 41.8 Å². The summed E-state index contributed by atoms with van der Waals surface area (Å²) < 4.78 is 19.4. The van der Waals surface area contributed by atoms with Crippen molar-refractivity contribution in [2.75, 3.05) is 6.61 Å². The summed E-state index contributed by atoms with van der Waals surface area (Å²) in [4.78, 5) is 28.9. The van der Waals surface area contributed by atoms with Gasteiger partial charge in [0.1, 0.15) is 17.6 Å². The fourth-order valence-electron chi connectivity index (χ4n) is 4.70. The Morgan fingerprint density at radius 2 is 1.66 bits per heavy atom. The molecule has 0 unspecified atom stereocenters. The second-order valence-electron chi connectivity index (χ2n) is 9.56. The molecule has 5 nitrogen and oxygen atoms in total. The molecule has 0 saturated heterocycles. The Morgan fingerprint density at radius 1 is 0.947 bits per heavy atom. The van der Waals surface area contributed by atoms with Crippen molar-refractivity contribution in [2.24, 2.45) is 0 Å². The number of nitrogens with zero attached hydrogens (tertiary/aromatic N) is 1. The molecule has 0 spiro atoms. The normalized spacial score (nSPS) is 14.5. The summed E-state index contributed by atoms with van der Waals surface area (Å²) in [7, 11) is 0. The number of rotatable bonds is 10. The van der Waals surface area contributed by atoms with E-state index in [1.807, 2.05) is 30.3 Å². The van der Waals surface area contributed by atoms with Crippen LogP contribution in [0.2, 0.25) is 10.0 Å². The van der Waals surface area contributed by atoms with Crippen LogP contribution < -0.4 is 10.1 Å². The first kappa shape index (κ1) is 27.9. The molecule has 4 rings (SSSR count). The van der Waals surface area contributed by atoms with Crippen LogP contribution in [0.3, 0.4) is 0 Å². The van der Waals surface area contributed by atoms with Crippen molar-refractivity contribution in [3.05, 3.63) is 99.8 Å². The van der Waals surface area contributed by atoms with Crippen molar-refractivity contribution < 1.29 is 18.7 Å². The molecule has 0 radical (unpaired) electrons. The maximum atomic E-state index is 13.7. The van der Waals surface area contributed by atoms with Gasteiger partial charge in [-0.2, -0.15) is 0 Å². The van der Waals surface area contributed by atoms with E-state index in [4.69, 9.17) is 27.9 Å². The molecule has 3 aromatic rings. The van der Waals surface area contributed by atoms with Crippen LogP contribution in [0.1, 0.15) is 43.2 Å². The van der Waals surface area contributed by atoms with Gasteiger partial charge in [0, 0.05) is 24.0 Å². The van der Waals surface area contributed by atoms with Gasteiger partial charge in [0.2, 0.25) is 5.91 Å². The first-order valence-electron chi connectivity index (χ1n) is 12.8. The Bertz CT molecular complexity index is 1220. The number of amides is 2. The van der Waals surface area contributed by atoms with Gasteiger partial charge in [-0.3, -0.25) is 9.59 Å². The number of hydrogen-bond donors (Lipinski definition) is 1. The number of halogens is 3. The van der Waals surface area contributed by atoms with Gasteiger partial charge in [-0.15, -0.1) is 0 Å². The predicted molar refractivity (Wildman–Crippen MR) is 148 cm³/mol. The predicted octanol–water partition coefficient (Wildman–Crippen LogP) is 6.60. The molecule has 38 heavy (non-hydrogen) atoms. The highest BCUT2D eigenvalue weighted by molar-refractivity contribution is 6.35. The van der Waals surface area contributed by atoms with Crippen LogP contribution in [-0.2, 0) is 22.6 Å². The van der Waals surface area contributed by atoms with Crippen molar-refractivity contribution in [3.8, 4) is 5.75 Å². The van der Waals surface area contributed by atoms with Crippen molar-refractivity contribution in [3.63, 3.8) is 0 Å². The molecular weight excluding hydrogens is 526 g/mol. The molecule has 0 bridgehead atoms. The standard InChI is InChI=1S/C30H31Cl2FN2O3/c31-23-13-16-28(26(32)18-23)38-20-29(36)35(19-22-11-14-24(33)15-12-22)27(17-21-7-3-1-4-8-21)30(37)34-25-9-5-2-6-10-25/h1,3-4,7-8,11-16,18,25,27H,2,5-6,9-10,17,19-20H2,(H,34,37)/t27-/m0/s1. The summed E-state index contributed by atoms with van der Waals surface area (Å²) in [6.45, 7) is -0.211. The molecule has 1 fully saturated rings. The molecule has 0 aliphatic heterocycles. The number of benzene rings is 3. The molecule has 0 aromatic heterocycles. The third-order valence-electron chi connectivity index (χ3n) is 6.73. The Labute approximate surface area is 232 Å². The van der Waals surface area contributed by atoms with E-state index < -0.39 is 6.04 Å². The highest BCUT2D eigenvalue weighted by Crippen LogP contribution is 2.28. The number of carbonyl (C=O) groups is 2. The van der Waals surface area contributed by atoms with E-state index in [1.165, 1.54) is 29.5 Å². The first-order valence-corrected chi connectivity index (χ1v) is 13.6. The lowest BCUT2D eigenvalue weighted by Gasteiger charge is -2.33. The Morgan fingerprint density at radius 3 is 2.34 bits per heavy atom. The van der Waals surface area contributed by atoms with Crippen LogP contribution in [0.5, 0.6) is 5.75 Å². The monoisotopic (exact) mass is 556 g/mol. The summed E-state index contributed by atoms with van der Waals surface area (Å²) in [6.07, 6.45) is 5.49. The largest absolute Gasteiger partial charge is 0.482 e. The van der Waals surface area contributed by atoms with Crippen LogP contribution in [0.15, 0.2) is 72.8 Å². The Kier molecular flexibility index (Phi) is 10.0. The molecule has 1 saturated carbocycles. The number of carbonyl (C=O) groups excluding carboxylic acids is 2. The molecule has 0 heterocycles. The maximum Gasteiger partial charge on any atom is 0.261 e. The number of ether oxygens (including phenoxy) is 1. The second kappa shape index (κ2) is 13.6. The lowest BCUT2D eigenvalue weighted by molar-refractivity contribution is -0.143. The van der Waals surface area contributed by atoms with Gasteiger partial charge in [-0.25, -0.2) is 4.39 Å². The third kappa shape index (κ3) is 7.95. The SMILES string of the molecule is O=C(NC1CCCCC1)[C@H](Cc1ccccc1)N(Cc1ccc(F)cc1)C(=O)COc1ccc(Cl)cc1Cl. The molecule has 1 aliphatic rings. The van der Waals surface area contributed by atoms with Gasteiger partial charge in [0.05, 0.1) is 5.02 Å². The average molecular weight is 557 g/mol. The zero-order valence-corrected chi connectivity index (χ0v) is 22.6. The Hall–Kier alpha value is -3.09. The van der Waals surface area contributed by atoms with Crippen LogP contribution in [-0.4, -0.2) is 35.4 Å². The number of nitrogens with one attached hydrogen (secondary N) is 1. The highest BCUT2D eigenvalue weighted by Gasteiger charge is 2.32. The van der Waals surface area contributed by atoms with Crippen LogP contribution >= 0.6 is 23.2 Å². The number of hydrogen-bond acceptors (Lipinski definition) is 3. The van der Waals surface area contributed by atoms with Crippen LogP contribution in [0, 0.1) is 5.82 Å². The third-order valence-corrected chi connectivity index (χ3v) is 7.26. The molecule has 3 aromatic carbocycles. The van der Waals surface area contributed by atoms with E-state index in [9.17, 15) is 14.0 Å². The zero-order chi connectivity index (χ0) is 26.9. The first-order chi connectivity index (χ1) is 18.4. The lowest BCUT2D eigenvalue weighted by Crippen LogP contribution is -2.53. The molecular formula is C30H31Cl2FN2O3. The van der Waals surface area contributed by atoms with Crippen molar-refractivity contribution in [1.29, 1.82) is 0 Å². The average Bonchev–Trinajstić information content (AvgIpc) is 2.92. The minimum absolute atomic E-state index is 0.0846. The van der Waals surface area contributed by atoms with E-state index in [0.29, 0.717) is 22.8 Å². The van der Waals surface area contributed by atoms with E-state index in [2.05, 4.69) is 5.32 Å². The Balaban J connectivity index is 1.61. The summed E-state index contributed by atoms with van der Waals surface area (Å²) >= 11 is 12.2. The molecule has 8 heteroatoms. The van der Waals surface area contributed by atoms with E-state index in [1.54, 1.807) is 24.3 Å². The summed E-state index contributed by atoms with van der Waals surface area (Å²) in [6, 6.07) is 19.6. The van der Waals surface area contributed by atoms with Crippen LogP contribution in [0.4, 0.5) is 4.39 Å². The van der Waals surface area contributed by atoms with Gasteiger partial charge in [0.25, 0.3) is 5.91 Å². The summed E-state index contributed by atoms with van der Waals surface area (Å²) in [5, 5.41) is 3.93. The van der Waals surface area contributed by atoms with Gasteiger partial charge in [0.15, 0.2) is 6.61 Å². The zero-order valence-electron chi connectivity index (χ0n) is 21.0. The van der Waals surface area contributed by atoms with Crippen molar-refractivity contribution in [2.45, 2.75) is 57.2 Å². The maximum absolute atomic E-state index is 13.7. The van der Waals surface area contributed by atoms with Crippen molar-refractivity contribution >= 4 is 35.0 Å². The second-order valence-corrected chi connectivity index (χ2v) is 10.4. The van der Waals surface area contributed by atoms with Gasteiger partial charge >= 0.3 is 0 Å². The fraction of sp³-hybridized carbons (Fsp3) is 0.333. The lowest BCUT2D eigenvalue weighted by atomic mass is 9.94. The minimum Gasteiger partial charge on any atom is -0.482 e. The van der Waals surface area contributed by atoms with Crippen LogP contribution in [0.25, 0.3) is 0 Å². The van der Waals surface area contributed by atoms with Gasteiger partial charge in [-0.05, 0) is 54.3 Å². The topological polar surface area (TPSA) is 58.6 Å². The fourth-order valence-corrected chi connectivity index (χ4v) is 5.16. The molecule has 1 atom stereocenters.